The zero-order valence-electron chi connectivity index (χ0n) is 19.8. The van der Waals surface area contributed by atoms with E-state index < -0.39 is 0 Å². The van der Waals surface area contributed by atoms with E-state index in [1.807, 2.05) is 43.8 Å². The van der Waals surface area contributed by atoms with Crippen molar-refractivity contribution < 1.29 is 0 Å². The van der Waals surface area contributed by atoms with Gasteiger partial charge in [0.2, 0.25) is 0 Å². The molecule has 0 spiro atoms. The zero-order valence-corrected chi connectivity index (χ0v) is 19.8. The first kappa shape index (κ1) is 23.2. The molecule has 4 rings (SSSR count). The fraction of sp³-hybridized carbons (Fsp3) is 0.500. The molecule has 3 aromatic rings. The third-order valence-electron chi connectivity index (χ3n) is 6.41. The molecule has 0 N–H and O–H groups in total. The number of unbranched alkanes of at least 4 members (excludes halogenated alkanes) is 9. The van der Waals surface area contributed by atoms with Gasteiger partial charge in [-0.25, -0.2) is 19.4 Å². The first-order valence-corrected chi connectivity index (χ1v) is 12.4. The molecule has 0 saturated heterocycles. The molecule has 0 aromatic carbocycles. The van der Waals surface area contributed by atoms with Gasteiger partial charge in [0.25, 0.3) is 0 Å². The normalized spacial score (nSPS) is 17.2. The second kappa shape index (κ2) is 11.8. The van der Waals surface area contributed by atoms with Crippen molar-refractivity contribution >= 4 is 19.4 Å². The van der Waals surface area contributed by atoms with Crippen LogP contribution in [-0.2, 0) is 6.54 Å². The predicted octanol–water partition coefficient (Wildman–Crippen LogP) is 5.10. The van der Waals surface area contributed by atoms with Crippen LogP contribution in [0.2, 0.25) is 0 Å². The molecule has 8 nitrogen and oxygen atoms in total. The Bertz CT molecular complexity index is 944. The molecule has 1 unspecified atom stereocenters. The quantitative estimate of drug-likeness (QED) is 0.241. The van der Waals surface area contributed by atoms with Crippen molar-refractivity contribution in [2.45, 2.75) is 77.7 Å². The lowest BCUT2D eigenvalue weighted by Crippen LogP contribution is -2.62. The topological polar surface area (TPSA) is 65.8 Å². The molecular weight excluding hydrogens is 411 g/mol. The summed E-state index contributed by atoms with van der Waals surface area (Å²) in [6.07, 6.45) is 34.4. The average molecular weight is 447 g/mol. The lowest BCUT2D eigenvalue weighted by atomic mass is 9.85. The number of aryl methyl sites for hydroxylation is 1. The molecular formula is C24H36BN8+. The molecule has 4 heterocycles. The largest absolute Gasteiger partial charge is 0.693 e. The number of hydrogen-bond acceptors (Lipinski definition) is 4. The monoisotopic (exact) mass is 447 g/mol. The second-order valence-electron chi connectivity index (χ2n) is 8.87. The first-order valence-electron chi connectivity index (χ1n) is 12.4. The van der Waals surface area contributed by atoms with Crippen LogP contribution in [0.5, 0.6) is 0 Å². The third-order valence-corrected chi connectivity index (χ3v) is 6.41. The van der Waals surface area contributed by atoms with Crippen LogP contribution in [0, 0.1) is 0 Å². The molecule has 0 saturated carbocycles. The van der Waals surface area contributed by atoms with Crippen molar-refractivity contribution in [1.82, 2.24) is 32.9 Å². The van der Waals surface area contributed by atoms with E-state index in [2.05, 4.69) is 47.8 Å². The Balaban J connectivity index is 1.40. The van der Waals surface area contributed by atoms with E-state index in [4.69, 9.17) is 4.98 Å². The van der Waals surface area contributed by atoms with E-state index in [9.17, 15) is 0 Å². The maximum absolute atomic E-state index is 4.80. The highest BCUT2D eigenvalue weighted by Crippen LogP contribution is 2.27. The van der Waals surface area contributed by atoms with Crippen LogP contribution >= 0.6 is 0 Å². The van der Waals surface area contributed by atoms with Gasteiger partial charge >= 0.3 is 13.1 Å². The maximum atomic E-state index is 4.80. The Morgan fingerprint density at radius 3 is 1.97 bits per heavy atom. The molecule has 1 aliphatic rings. The zero-order chi connectivity index (χ0) is 22.8. The van der Waals surface area contributed by atoms with Gasteiger partial charge in [0.15, 0.2) is 6.34 Å². The summed E-state index contributed by atoms with van der Waals surface area (Å²) in [5.41, 5.74) is 0. The number of rotatable bonds is 15. The second-order valence-corrected chi connectivity index (χ2v) is 8.87. The van der Waals surface area contributed by atoms with Gasteiger partial charge < -0.3 is 8.96 Å². The van der Waals surface area contributed by atoms with Gasteiger partial charge in [-0.15, -0.1) is 0 Å². The van der Waals surface area contributed by atoms with E-state index in [1.54, 1.807) is 12.4 Å². The van der Waals surface area contributed by atoms with E-state index >= 15 is 0 Å². The highest BCUT2D eigenvalue weighted by molar-refractivity contribution is 6.60. The summed E-state index contributed by atoms with van der Waals surface area (Å²) in [4.78, 5) is 17.9. The molecule has 0 bridgehead atoms. The fourth-order valence-corrected chi connectivity index (χ4v) is 4.69. The minimum Gasteiger partial charge on any atom is -0.301 e. The molecule has 1 atom stereocenters. The highest BCUT2D eigenvalue weighted by atomic mass is 15.5. The van der Waals surface area contributed by atoms with Gasteiger partial charge in [-0.2, -0.15) is 4.98 Å². The SMILES string of the molecule is CCCCCCCCCCCCn1ccnc1[N+]1(B(n2ccnc2)n2ccnc2)C=CN=C1. The molecule has 1 aliphatic heterocycles. The number of imidazole rings is 3. The summed E-state index contributed by atoms with van der Waals surface area (Å²) in [5, 5.41) is 0. The van der Waals surface area contributed by atoms with Crippen molar-refractivity contribution in [3.63, 3.8) is 0 Å². The van der Waals surface area contributed by atoms with Crippen LogP contribution in [0.3, 0.4) is 0 Å². The van der Waals surface area contributed by atoms with Crippen LogP contribution in [0.1, 0.15) is 71.1 Å². The van der Waals surface area contributed by atoms with Gasteiger partial charge in [-0.1, -0.05) is 64.7 Å². The lowest BCUT2D eigenvalue weighted by molar-refractivity contribution is 0.527. The van der Waals surface area contributed by atoms with E-state index in [0.29, 0.717) is 4.39 Å². The lowest BCUT2D eigenvalue weighted by Gasteiger charge is -2.31. The predicted molar refractivity (Wildman–Crippen MR) is 135 cm³/mol. The van der Waals surface area contributed by atoms with Gasteiger partial charge in [0, 0.05) is 37.5 Å². The third kappa shape index (κ3) is 5.53. The summed E-state index contributed by atoms with van der Waals surface area (Å²) in [5.74, 6) is 0.941. The van der Waals surface area contributed by atoms with Crippen molar-refractivity contribution in [2.75, 3.05) is 0 Å². The standard InChI is InChI=1S/C24H36BN8/c1-2-3-4-5-6-7-8-9-10-11-16-30-17-14-29-24(30)33(20-15-28-23-33)25(31-18-12-26-21-31)32-19-13-27-22-32/h12-15,17-23H,2-11,16H2,1H3/q+1. The highest BCUT2D eigenvalue weighted by Gasteiger charge is 2.52. The molecule has 0 radical (unpaired) electrons. The number of quaternary nitrogens is 1. The minimum absolute atomic E-state index is 0.189. The Morgan fingerprint density at radius 2 is 1.42 bits per heavy atom. The van der Waals surface area contributed by atoms with Crippen LogP contribution in [0.15, 0.2) is 67.2 Å². The van der Waals surface area contributed by atoms with Gasteiger partial charge in [0.05, 0.1) is 25.1 Å². The number of nitrogens with zero attached hydrogens (tertiary/aromatic N) is 8. The van der Waals surface area contributed by atoms with Crippen LogP contribution in [0.25, 0.3) is 0 Å². The van der Waals surface area contributed by atoms with E-state index in [-0.39, 0.29) is 7.12 Å². The summed E-state index contributed by atoms with van der Waals surface area (Å²) in [7, 11) is -0.189. The summed E-state index contributed by atoms with van der Waals surface area (Å²) in [6, 6.07) is 0. The minimum atomic E-state index is -0.189. The number of aromatic nitrogens is 6. The Morgan fingerprint density at radius 1 is 0.788 bits per heavy atom. The summed E-state index contributed by atoms with van der Waals surface area (Å²) in [6.45, 7) is 3.23. The fourth-order valence-electron chi connectivity index (χ4n) is 4.69. The molecule has 33 heavy (non-hydrogen) atoms. The molecule has 9 heteroatoms. The van der Waals surface area contributed by atoms with Crippen LogP contribution in [-0.4, -0.2) is 41.9 Å². The van der Waals surface area contributed by atoms with Crippen molar-refractivity contribution in [3.05, 3.63) is 62.2 Å². The summed E-state index contributed by atoms with van der Waals surface area (Å²) < 4.78 is 6.76. The molecule has 174 valence electrons. The number of aliphatic imine (C=N–C) groups is 1. The molecule has 0 amide bonds. The average Bonchev–Trinajstić information content (AvgIpc) is 3.63. The van der Waals surface area contributed by atoms with E-state index in [1.165, 1.54) is 57.8 Å². The van der Waals surface area contributed by atoms with Crippen molar-refractivity contribution in [3.8, 4) is 0 Å². The molecule has 0 aliphatic carbocycles. The van der Waals surface area contributed by atoms with Gasteiger partial charge in [-0.3, -0.25) is 4.57 Å². The van der Waals surface area contributed by atoms with Gasteiger partial charge in [0.1, 0.15) is 6.20 Å². The Labute approximate surface area is 197 Å². The summed E-state index contributed by atoms with van der Waals surface area (Å²) >= 11 is 0. The Kier molecular flexibility index (Phi) is 8.30. The van der Waals surface area contributed by atoms with Crippen molar-refractivity contribution in [2.24, 2.45) is 4.99 Å². The molecule has 3 aromatic heterocycles. The molecule has 0 fully saturated rings. The van der Waals surface area contributed by atoms with Crippen LogP contribution in [0.4, 0.5) is 5.95 Å². The van der Waals surface area contributed by atoms with Crippen LogP contribution < -0.4 is 4.39 Å². The Hall–Kier alpha value is -2.94. The van der Waals surface area contributed by atoms with Gasteiger partial charge in [-0.05, 0) is 6.42 Å². The van der Waals surface area contributed by atoms with Crippen molar-refractivity contribution in [1.29, 1.82) is 0 Å². The maximum Gasteiger partial charge on any atom is 0.693 e. The smallest absolute Gasteiger partial charge is 0.301 e. The number of hydrogen-bond donors (Lipinski definition) is 0. The van der Waals surface area contributed by atoms with E-state index in [0.717, 1.165) is 18.9 Å². The first-order chi connectivity index (χ1) is 16.3.